The number of aromatic nitrogens is 1. The maximum Gasteiger partial charge on any atom is 0.366 e. The van der Waals surface area contributed by atoms with Gasteiger partial charge >= 0.3 is 11.2 Å². The summed E-state index contributed by atoms with van der Waals surface area (Å²) >= 11 is 5.23. The molecule has 76 valence electrons. The third-order valence-corrected chi connectivity index (χ3v) is 2.97. The van der Waals surface area contributed by atoms with Gasteiger partial charge < -0.3 is 0 Å². The normalized spacial score (nSPS) is 22.1. The van der Waals surface area contributed by atoms with Gasteiger partial charge in [-0.25, -0.2) is 0 Å². The predicted molar refractivity (Wildman–Crippen MR) is 43.9 cm³/mol. The maximum atomic E-state index is 13.0. The van der Waals surface area contributed by atoms with Crippen molar-refractivity contribution < 1.29 is 17.6 Å². The second-order valence-corrected chi connectivity index (χ2v) is 4.29. The van der Waals surface area contributed by atoms with E-state index in [9.17, 15) is 17.6 Å². The van der Waals surface area contributed by atoms with E-state index in [4.69, 9.17) is 11.6 Å². The van der Waals surface area contributed by atoms with Gasteiger partial charge in [-0.3, -0.25) is 4.98 Å². The van der Waals surface area contributed by atoms with E-state index in [0.29, 0.717) is 0 Å². The molecule has 1 nitrogen and oxygen atoms in total. The number of halogens is 5. The lowest BCUT2D eigenvalue weighted by atomic mass is 10.2. The number of thioether (sulfide) groups is 1. The van der Waals surface area contributed by atoms with Crippen LogP contribution in [0, 0.1) is 0 Å². The van der Waals surface area contributed by atoms with E-state index in [0.717, 1.165) is 12.3 Å². The minimum atomic E-state index is -4.22. The predicted octanol–water partition coefficient (Wildman–Crippen LogP) is 3.53. The van der Waals surface area contributed by atoms with Crippen LogP contribution in [0.25, 0.3) is 0 Å². The minimum absolute atomic E-state index is 0.0600. The van der Waals surface area contributed by atoms with Crippen LogP contribution in [0.2, 0.25) is 5.02 Å². The molecule has 0 atom stereocenters. The Hall–Kier alpha value is -0.490. The number of hydrogen-bond acceptors (Lipinski definition) is 2. The van der Waals surface area contributed by atoms with Crippen LogP contribution in [0.5, 0.6) is 0 Å². The summed E-state index contributed by atoms with van der Waals surface area (Å²) in [6, 6.07) is 1.06. The van der Waals surface area contributed by atoms with Crippen molar-refractivity contribution in [1.29, 1.82) is 0 Å². The molecular formula is C7H2ClF4NS. The van der Waals surface area contributed by atoms with Crippen molar-refractivity contribution in [3.05, 3.63) is 23.0 Å². The molecule has 0 saturated carbocycles. The fourth-order valence-corrected chi connectivity index (χ4v) is 2.26. The third-order valence-electron chi connectivity index (χ3n) is 1.72. The van der Waals surface area contributed by atoms with Crippen LogP contribution in [0.4, 0.5) is 17.6 Å². The van der Waals surface area contributed by atoms with Crippen LogP contribution >= 0.6 is 23.4 Å². The molecule has 7 heteroatoms. The molecule has 0 radical (unpaired) electrons. The van der Waals surface area contributed by atoms with Crippen molar-refractivity contribution in [2.24, 2.45) is 0 Å². The summed E-state index contributed by atoms with van der Waals surface area (Å²) < 4.78 is 51.5. The van der Waals surface area contributed by atoms with E-state index in [-0.39, 0.29) is 21.7 Å². The highest BCUT2D eigenvalue weighted by Gasteiger charge is 2.65. The summed E-state index contributed by atoms with van der Waals surface area (Å²) in [7, 11) is 0. The van der Waals surface area contributed by atoms with Gasteiger partial charge in [-0.15, -0.1) is 0 Å². The largest absolute Gasteiger partial charge is 0.366 e. The molecule has 0 aromatic carbocycles. The number of alkyl halides is 4. The van der Waals surface area contributed by atoms with Crippen molar-refractivity contribution in [2.75, 3.05) is 0 Å². The smallest absolute Gasteiger partial charge is 0.252 e. The minimum Gasteiger partial charge on any atom is -0.252 e. The first-order valence-electron chi connectivity index (χ1n) is 3.45. The Bertz CT molecular complexity index is 395. The standard InChI is InChI=1S/C7H2ClF4NS/c8-3-1-4-5(13-2-3)6(9,10)7(11,12)14-4/h1-2H. The van der Waals surface area contributed by atoms with Gasteiger partial charge in [0.15, 0.2) is 0 Å². The van der Waals surface area contributed by atoms with Crippen molar-refractivity contribution in [3.63, 3.8) is 0 Å². The summed E-state index contributed by atoms with van der Waals surface area (Å²) in [5, 5.41) is -4.09. The Kier molecular flexibility index (Phi) is 1.98. The van der Waals surface area contributed by atoms with E-state index in [2.05, 4.69) is 4.98 Å². The molecule has 1 aromatic heterocycles. The average molecular weight is 244 g/mol. The van der Waals surface area contributed by atoms with Gasteiger partial charge in [0.05, 0.1) is 5.02 Å². The molecule has 1 aliphatic heterocycles. The highest BCUT2D eigenvalue weighted by atomic mass is 35.5. The van der Waals surface area contributed by atoms with Gasteiger partial charge in [-0.1, -0.05) is 11.6 Å². The quantitative estimate of drug-likeness (QED) is 0.647. The van der Waals surface area contributed by atoms with Gasteiger partial charge in [0.1, 0.15) is 5.69 Å². The first-order chi connectivity index (χ1) is 6.34. The topological polar surface area (TPSA) is 12.9 Å². The number of rotatable bonds is 0. The first-order valence-corrected chi connectivity index (χ1v) is 4.65. The lowest BCUT2D eigenvalue weighted by molar-refractivity contribution is -0.157. The van der Waals surface area contributed by atoms with Crippen molar-refractivity contribution in [2.45, 2.75) is 16.1 Å². The molecular weight excluding hydrogens is 242 g/mol. The summed E-state index contributed by atoms with van der Waals surface area (Å²) in [4.78, 5) is 2.95. The lowest BCUT2D eigenvalue weighted by Crippen LogP contribution is -2.30. The molecule has 0 unspecified atom stereocenters. The maximum absolute atomic E-state index is 13.0. The molecule has 2 rings (SSSR count). The number of nitrogens with zero attached hydrogens (tertiary/aromatic N) is 1. The molecule has 1 aromatic rings. The first kappa shape index (κ1) is 10.0. The molecule has 0 aliphatic carbocycles. The molecule has 14 heavy (non-hydrogen) atoms. The molecule has 0 spiro atoms. The zero-order valence-corrected chi connectivity index (χ0v) is 7.97. The van der Waals surface area contributed by atoms with Crippen LogP contribution in [-0.2, 0) is 5.92 Å². The third kappa shape index (κ3) is 1.20. The molecule has 1 aliphatic rings. The fraction of sp³-hybridized carbons (Fsp3) is 0.286. The Balaban J connectivity index is 2.60. The molecule has 0 bridgehead atoms. The molecule has 0 fully saturated rings. The Morgan fingerprint density at radius 2 is 1.93 bits per heavy atom. The Labute approximate surface area is 85.5 Å². The number of pyridine rings is 1. The average Bonchev–Trinajstić information content (AvgIpc) is 2.18. The van der Waals surface area contributed by atoms with Gasteiger partial charge in [0.2, 0.25) is 0 Å². The molecule has 0 saturated heterocycles. The Morgan fingerprint density at radius 1 is 1.29 bits per heavy atom. The number of hydrogen-bond donors (Lipinski definition) is 0. The van der Waals surface area contributed by atoms with Crippen LogP contribution in [0.1, 0.15) is 5.69 Å². The second-order valence-electron chi connectivity index (χ2n) is 2.69. The highest BCUT2D eigenvalue weighted by Crippen LogP contribution is 2.59. The van der Waals surface area contributed by atoms with Crippen LogP contribution < -0.4 is 0 Å². The van der Waals surface area contributed by atoms with Gasteiger partial charge in [-0.05, 0) is 17.8 Å². The van der Waals surface area contributed by atoms with E-state index < -0.39 is 16.9 Å². The van der Waals surface area contributed by atoms with Crippen LogP contribution in [0.15, 0.2) is 17.2 Å². The van der Waals surface area contributed by atoms with Crippen molar-refractivity contribution in [1.82, 2.24) is 4.98 Å². The van der Waals surface area contributed by atoms with E-state index in [1.807, 2.05) is 0 Å². The summed E-state index contributed by atoms with van der Waals surface area (Å²) in [6.45, 7) is 0. The van der Waals surface area contributed by atoms with E-state index >= 15 is 0 Å². The van der Waals surface area contributed by atoms with Gasteiger partial charge in [-0.2, -0.15) is 17.6 Å². The monoisotopic (exact) mass is 243 g/mol. The fourth-order valence-electron chi connectivity index (χ4n) is 1.07. The van der Waals surface area contributed by atoms with E-state index in [1.54, 1.807) is 0 Å². The number of fused-ring (bicyclic) bond motifs is 1. The zero-order chi connectivity index (χ0) is 10.6. The molecule has 0 amide bonds. The lowest BCUT2D eigenvalue weighted by Gasteiger charge is -2.16. The Morgan fingerprint density at radius 3 is 2.57 bits per heavy atom. The van der Waals surface area contributed by atoms with Gasteiger partial charge in [0.25, 0.3) is 0 Å². The van der Waals surface area contributed by atoms with Crippen LogP contribution in [0.3, 0.4) is 0 Å². The second kappa shape index (κ2) is 2.76. The van der Waals surface area contributed by atoms with E-state index in [1.165, 1.54) is 0 Å². The van der Waals surface area contributed by atoms with Crippen molar-refractivity contribution >= 4 is 23.4 Å². The zero-order valence-electron chi connectivity index (χ0n) is 6.40. The molecule has 2 heterocycles. The van der Waals surface area contributed by atoms with Crippen molar-refractivity contribution in [3.8, 4) is 0 Å². The van der Waals surface area contributed by atoms with Gasteiger partial charge in [0, 0.05) is 11.1 Å². The van der Waals surface area contributed by atoms with Crippen LogP contribution in [-0.4, -0.2) is 10.2 Å². The molecule has 0 N–H and O–H groups in total. The summed E-state index contributed by atoms with van der Waals surface area (Å²) in [6.07, 6.45) is 0.927. The SMILES string of the molecule is FC1(F)Sc2cc(Cl)cnc2C1(F)F. The summed E-state index contributed by atoms with van der Waals surface area (Å²) in [5.74, 6) is -4.22. The highest BCUT2D eigenvalue weighted by molar-refractivity contribution is 8.00. The summed E-state index contributed by atoms with van der Waals surface area (Å²) in [5.41, 5.74) is -0.906.